The molecule has 0 saturated heterocycles. The molecule has 0 spiro atoms. The van der Waals surface area contributed by atoms with Crippen LogP contribution in [-0.4, -0.2) is 48.4 Å². The Balaban J connectivity index is 1.54. The van der Waals surface area contributed by atoms with Crippen LogP contribution in [0.15, 0.2) is 60.0 Å². The van der Waals surface area contributed by atoms with Crippen molar-refractivity contribution in [1.29, 1.82) is 0 Å². The molecule has 6 heteroatoms. The Bertz CT molecular complexity index is 1200. The second-order valence-electron chi connectivity index (χ2n) is 10.5. The van der Waals surface area contributed by atoms with Gasteiger partial charge in [-0.3, -0.25) is 9.59 Å². The lowest BCUT2D eigenvalue weighted by Crippen LogP contribution is -2.47. The average Bonchev–Trinajstić information content (AvgIpc) is 3.41. The molecule has 0 aliphatic carbocycles. The van der Waals surface area contributed by atoms with Gasteiger partial charge < -0.3 is 14.5 Å². The van der Waals surface area contributed by atoms with Gasteiger partial charge in [0.05, 0.1) is 13.2 Å². The van der Waals surface area contributed by atoms with Gasteiger partial charge in [0.25, 0.3) is 5.91 Å². The number of fused-ring (bicyclic) bond motifs is 1. The molecule has 5 nitrogen and oxygen atoms in total. The van der Waals surface area contributed by atoms with Crippen molar-refractivity contribution in [3.63, 3.8) is 0 Å². The maximum absolute atomic E-state index is 13.9. The minimum Gasteiger partial charge on any atom is -0.497 e. The van der Waals surface area contributed by atoms with E-state index in [0.29, 0.717) is 18.7 Å². The SMILES string of the molecule is CCCCCc1ccc(C(=O)N(CC(=O)N2CCc3sccc3C2c2ccc(OC)cc2)CC(C)C)cc1. The van der Waals surface area contributed by atoms with E-state index in [2.05, 4.69) is 44.4 Å². The lowest BCUT2D eigenvalue weighted by molar-refractivity contribution is -0.134. The van der Waals surface area contributed by atoms with Crippen LogP contribution in [0.3, 0.4) is 0 Å². The van der Waals surface area contributed by atoms with E-state index in [4.69, 9.17) is 4.74 Å². The van der Waals surface area contributed by atoms with Crippen LogP contribution in [0.4, 0.5) is 0 Å². The lowest BCUT2D eigenvalue weighted by atomic mass is 9.93. The third kappa shape index (κ3) is 6.65. The average molecular weight is 533 g/mol. The quantitative estimate of drug-likeness (QED) is 0.256. The van der Waals surface area contributed by atoms with Crippen LogP contribution in [-0.2, 0) is 17.6 Å². The Labute approximate surface area is 231 Å². The zero-order valence-electron chi connectivity index (χ0n) is 23.1. The number of benzene rings is 2. The van der Waals surface area contributed by atoms with Crippen LogP contribution >= 0.6 is 11.3 Å². The fraction of sp³-hybridized carbons (Fsp3) is 0.438. The van der Waals surface area contributed by atoms with Gasteiger partial charge in [0.15, 0.2) is 0 Å². The highest BCUT2D eigenvalue weighted by Crippen LogP contribution is 2.38. The number of aryl methyl sites for hydroxylation is 1. The van der Waals surface area contributed by atoms with Gasteiger partial charge in [-0.15, -0.1) is 11.3 Å². The summed E-state index contributed by atoms with van der Waals surface area (Å²) in [6.45, 7) is 7.61. The molecule has 3 aromatic rings. The summed E-state index contributed by atoms with van der Waals surface area (Å²) >= 11 is 1.75. The van der Waals surface area contributed by atoms with Crippen LogP contribution in [0.25, 0.3) is 0 Å². The molecule has 1 atom stereocenters. The van der Waals surface area contributed by atoms with E-state index >= 15 is 0 Å². The first kappa shape index (κ1) is 27.9. The Morgan fingerprint density at radius 2 is 1.79 bits per heavy atom. The third-order valence-electron chi connectivity index (χ3n) is 7.19. The van der Waals surface area contributed by atoms with Crippen LogP contribution in [0, 0.1) is 5.92 Å². The van der Waals surface area contributed by atoms with Gasteiger partial charge in [-0.05, 0) is 77.6 Å². The van der Waals surface area contributed by atoms with Crippen LogP contribution in [0.1, 0.15) is 78.0 Å². The highest BCUT2D eigenvalue weighted by molar-refractivity contribution is 7.10. The summed E-state index contributed by atoms with van der Waals surface area (Å²) in [4.78, 5) is 32.5. The third-order valence-corrected chi connectivity index (χ3v) is 8.18. The first-order chi connectivity index (χ1) is 18.4. The molecule has 0 N–H and O–H groups in total. The van der Waals surface area contributed by atoms with E-state index in [1.165, 1.54) is 28.8 Å². The molecule has 1 unspecified atom stereocenters. The lowest BCUT2D eigenvalue weighted by Gasteiger charge is -2.38. The summed E-state index contributed by atoms with van der Waals surface area (Å²) in [7, 11) is 1.66. The van der Waals surface area contributed by atoms with Gasteiger partial charge in [-0.25, -0.2) is 0 Å². The van der Waals surface area contributed by atoms with Crippen LogP contribution < -0.4 is 4.74 Å². The Morgan fingerprint density at radius 3 is 2.45 bits per heavy atom. The molecule has 1 aliphatic heterocycles. The second-order valence-corrected chi connectivity index (χ2v) is 11.5. The minimum absolute atomic E-state index is 0.0205. The molecular formula is C32H40N2O3S. The fourth-order valence-corrected chi connectivity index (χ4v) is 6.12. The molecule has 2 heterocycles. The van der Waals surface area contributed by atoms with E-state index in [0.717, 1.165) is 30.6 Å². The molecule has 4 rings (SSSR count). The molecular weight excluding hydrogens is 492 g/mol. The summed E-state index contributed by atoms with van der Waals surface area (Å²) in [5.74, 6) is 0.939. The molecule has 202 valence electrons. The summed E-state index contributed by atoms with van der Waals surface area (Å²) in [5.41, 5.74) is 4.13. The van der Waals surface area contributed by atoms with E-state index in [9.17, 15) is 9.59 Å². The van der Waals surface area contributed by atoms with Crippen LogP contribution in [0.5, 0.6) is 5.75 Å². The van der Waals surface area contributed by atoms with Gasteiger partial charge in [0, 0.05) is 23.5 Å². The van der Waals surface area contributed by atoms with Gasteiger partial charge in [0.1, 0.15) is 12.3 Å². The number of hydrogen-bond acceptors (Lipinski definition) is 4. The van der Waals surface area contributed by atoms with Crippen molar-refractivity contribution in [2.45, 2.75) is 58.9 Å². The number of rotatable bonds is 11. The Morgan fingerprint density at radius 1 is 1.05 bits per heavy atom. The smallest absolute Gasteiger partial charge is 0.254 e. The zero-order chi connectivity index (χ0) is 27.1. The van der Waals surface area contributed by atoms with Crippen LogP contribution in [0.2, 0.25) is 0 Å². The molecule has 2 amide bonds. The summed E-state index contributed by atoms with van der Waals surface area (Å²) in [5, 5.41) is 2.11. The van der Waals surface area contributed by atoms with Crippen molar-refractivity contribution in [3.05, 3.63) is 87.1 Å². The van der Waals surface area contributed by atoms with Gasteiger partial charge in [-0.1, -0.05) is 57.9 Å². The number of carbonyl (C=O) groups is 2. The van der Waals surface area contributed by atoms with E-state index in [1.807, 2.05) is 41.3 Å². The zero-order valence-corrected chi connectivity index (χ0v) is 23.9. The second kappa shape index (κ2) is 13.1. The number of nitrogens with zero attached hydrogens (tertiary/aromatic N) is 2. The van der Waals surface area contributed by atoms with Crippen molar-refractivity contribution in [2.24, 2.45) is 5.92 Å². The monoisotopic (exact) mass is 532 g/mol. The first-order valence-corrected chi connectivity index (χ1v) is 14.7. The fourth-order valence-electron chi connectivity index (χ4n) is 5.22. The number of thiophene rings is 1. The molecule has 0 saturated carbocycles. The summed E-state index contributed by atoms with van der Waals surface area (Å²) < 4.78 is 5.35. The molecule has 2 aromatic carbocycles. The van der Waals surface area contributed by atoms with Gasteiger partial charge in [-0.2, -0.15) is 0 Å². The number of amides is 2. The summed E-state index contributed by atoms with van der Waals surface area (Å²) in [6.07, 6.45) is 5.44. The predicted molar refractivity (Wildman–Crippen MR) is 155 cm³/mol. The highest BCUT2D eigenvalue weighted by Gasteiger charge is 2.34. The Hall–Kier alpha value is -3.12. The maximum atomic E-state index is 13.9. The molecule has 0 radical (unpaired) electrons. The normalized spacial score (nSPS) is 14.9. The van der Waals surface area contributed by atoms with Gasteiger partial charge >= 0.3 is 0 Å². The molecule has 1 aromatic heterocycles. The van der Waals surface area contributed by atoms with E-state index < -0.39 is 0 Å². The van der Waals surface area contributed by atoms with Crippen molar-refractivity contribution in [2.75, 3.05) is 26.7 Å². The van der Waals surface area contributed by atoms with E-state index in [-0.39, 0.29) is 30.3 Å². The summed E-state index contributed by atoms with van der Waals surface area (Å²) in [6, 6.07) is 17.9. The van der Waals surface area contributed by atoms with E-state index in [1.54, 1.807) is 23.3 Å². The van der Waals surface area contributed by atoms with Crippen molar-refractivity contribution >= 4 is 23.2 Å². The maximum Gasteiger partial charge on any atom is 0.254 e. The van der Waals surface area contributed by atoms with Crippen molar-refractivity contribution in [1.82, 2.24) is 9.80 Å². The predicted octanol–water partition coefficient (Wildman–Crippen LogP) is 6.76. The molecule has 0 fully saturated rings. The Kier molecular flexibility index (Phi) is 9.62. The minimum atomic E-state index is -0.165. The number of unbranched alkanes of at least 4 members (excludes halogenated alkanes) is 2. The molecule has 1 aliphatic rings. The van der Waals surface area contributed by atoms with Gasteiger partial charge in [0.2, 0.25) is 5.91 Å². The number of ether oxygens (including phenoxy) is 1. The topological polar surface area (TPSA) is 49.9 Å². The van der Waals surface area contributed by atoms with Crippen molar-refractivity contribution < 1.29 is 14.3 Å². The van der Waals surface area contributed by atoms with Crippen molar-refractivity contribution in [3.8, 4) is 5.75 Å². The number of methoxy groups -OCH3 is 1. The highest BCUT2D eigenvalue weighted by atomic mass is 32.1. The number of hydrogen-bond donors (Lipinski definition) is 0. The molecule has 0 bridgehead atoms. The number of carbonyl (C=O) groups excluding carboxylic acids is 2. The first-order valence-electron chi connectivity index (χ1n) is 13.8. The standard InChI is InChI=1S/C32H40N2O3S/c1-5-6-7-8-24-9-11-26(12-10-24)32(36)33(21-23(2)3)22-30(35)34-19-17-29-28(18-20-38-29)31(34)25-13-15-27(37-4)16-14-25/h9-16,18,20,23,31H,5-8,17,19,21-22H2,1-4H3. The molecule has 38 heavy (non-hydrogen) atoms. The largest absolute Gasteiger partial charge is 0.497 e.